The van der Waals surface area contributed by atoms with Gasteiger partial charge in [0.2, 0.25) is 19.3 Å². The number of aromatic nitrogens is 2. The van der Waals surface area contributed by atoms with Crippen LogP contribution in [-0.4, -0.2) is 61.3 Å². The summed E-state index contributed by atoms with van der Waals surface area (Å²) in [5.41, 5.74) is 0. The molecule has 1 fully saturated rings. The fourth-order valence-corrected chi connectivity index (χ4v) is 5.82. The van der Waals surface area contributed by atoms with Crippen molar-refractivity contribution in [1.82, 2.24) is 15.1 Å². The van der Waals surface area contributed by atoms with Crippen molar-refractivity contribution in [1.29, 1.82) is 0 Å². The third-order valence-electron chi connectivity index (χ3n) is 4.66. The molecule has 1 aromatic heterocycles. The van der Waals surface area contributed by atoms with Crippen LogP contribution in [0.15, 0.2) is 28.6 Å². The molecule has 0 bridgehead atoms. The number of amides is 2. The summed E-state index contributed by atoms with van der Waals surface area (Å²) in [5.74, 6) is 0.267. The minimum Gasteiger partial charge on any atom is -0.409 e. The van der Waals surface area contributed by atoms with Crippen molar-refractivity contribution >= 4 is 61.1 Å². The molecule has 174 valence electrons. The second kappa shape index (κ2) is 10.7. The fraction of sp³-hybridized carbons (Fsp3) is 0.474. The summed E-state index contributed by atoms with van der Waals surface area (Å²) in [5, 5.41) is 7.74. The molecule has 1 unspecified atom stereocenters. The van der Waals surface area contributed by atoms with Gasteiger partial charge in [-0.1, -0.05) is 31.1 Å². The van der Waals surface area contributed by atoms with Gasteiger partial charge in [0.15, 0.2) is 6.23 Å². The Kier molecular flexibility index (Phi) is 8.27. The highest BCUT2D eigenvalue weighted by Crippen LogP contribution is 2.30. The highest BCUT2D eigenvalue weighted by atomic mass is 127. The van der Waals surface area contributed by atoms with Crippen molar-refractivity contribution in [3.63, 3.8) is 0 Å². The van der Waals surface area contributed by atoms with Crippen LogP contribution in [0.4, 0.5) is 14.7 Å². The Hall–Kier alpha value is -2.00. The quantitative estimate of drug-likeness (QED) is 0.148. The topological polar surface area (TPSA) is 119 Å². The number of benzene rings is 1. The predicted molar refractivity (Wildman–Crippen MR) is 127 cm³/mol. The van der Waals surface area contributed by atoms with E-state index in [0.717, 1.165) is 32.6 Å². The molecule has 0 spiro atoms. The van der Waals surface area contributed by atoms with E-state index >= 15 is 0 Å². The van der Waals surface area contributed by atoms with E-state index in [1.54, 1.807) is 31.3 Å². The summed E-state index contributed by atoms with van der Waals surface area (Å²) in [6, 6.07) is 6.33. The van der Waals surface area contributed by atoms with Crippen molar-refractivity contribution in [2.75, 3.05) is 24.2 Å². The molecule has 1 aliphatic heterocycles. The molecule has 2 heterocycles. The number of carbonyl (C=O) groups is 2. The number of rotatable bonds is 8. The van der Waals surface area contributed by atoms with E-state index in [1.165, 1.54) is 4.90 Å². The molecule has 1 aliphatic rings. The first-order valence-corrected chi connectivity index (χ1v) is 13.5. The van der Waals surface area contributed by atoms with Gasteiger partial charge >= 0.3 is 12.2 Å². The van der Waals surface area contributed by atoms with E-state index < -0.39 is 28.3 Å². The Morgan fingerprint density at radius 2 is 1.97 bits per heavy atom. The normalized spacial score (nSPS) is 16.8. The van der Waals surface area contributed by atoms with Gasteiger partial charge in [0.25, 0.3) is 0 Å². The van der Waals surface area contributed by atoms with Gasteiger partial charge in [-0.3, -0.25) is 0 Å². The van der Waals surface area contributed by atoms with E-state index in [1.807, 2.05) is 6.92 Å². The molecular weight excluding hydrogens is 571 g/mol. The maximum atomic E-state index is 12.8. The van der Waals surface area contributed by atoms with Gasteiger partial charge in [-0.15, -0.1) is 10.2 Å². The molecule has 10 nitrogen and oxygen atoms in total. The van der Waals surface area contributed by atoms with Crippen LogP contribution in [0.3, 0.4) is 0 Å². The largest absolute Gasteiger partial charge is 0.515 e. The average molecular weight is 594 g/mol. The first-order valence-electron chi connectivity index (χ1n) is 9.96. The maximum absolute atomic E-state index is 12.8. The standard InChI is InChI=1S/C19H23IN4O6S2/c1-3-4-5-12-32(27,28)17-22-21-16(31-17)24-15(10-11-23(2)18(24)25)30-19(26)29-14-8-6-13(20)7-9-14/h6-9,15H,3-5,10-12H2,1-2H3. The molecule has 0 N–H and O–H groups in total. The number of anilines is 1. The van der Waals surface area contributed by atoms with Crippen molar-refractivity contribution < 1.29 is 27.5 Å². The Morgan fingerprint density at radius 3 is 2.66 bits per heavy atom. The van der Waals surface area contributed by atoms with E-state index in [9.17, 15) is 18.0 Å². The summed E-state index contributed by atoms with van der Waals surface area (Å²) in [4.78, 5) is 27.7. The fourth-order valence-electron chi connectivity index (χ4n) is 2.94. The zero-order valence-corrected chi connectivity index (χ0v) is 21.4. The van der Waals surface area contributed by atoms with Crippen LogP contribution in [0, 0.1) is 3.57 Å². The molecular formula is C19H23IN4O6S2. The lowest BCUT2D eigenvalue weighted by Crippen LogP contribution is -2.55. The number of ether oxygens (including phenoxy) is 2. The van der Waals surface area contributed by atoms with Crippen molar-refractivity contribution in [3.05, 3.63) is 27.8 Å². The van der Waals surface area contributed by atoms with Gasteiger partial charge < -0.3 is 14.4 Å². The summed E-state index contributed by atoms with van der Waals surface area (Å²) in [7, 11) is -2.01. The van der Waals surface area contributed by atoms with Gasteiger partial charge in [0.1, 0.15) is 5.75 Å². The van der Waals surface area contributed by atoms with Crippen molar-refractivity contribution in [2.45, 2.75) is 43.2 Å². The molecule has 2 amide bonds. The minimum absolute atomic E-state index is 0.0361. The van der Waals surface area contributed by atoms with Crippen LogP contribution in [-0.2, 0) is 14.6 Å². The Labute approximate surface area is 204 Å². The Morgan fingerprint density at radius 1 is 1.25 bits per heavy atom. The lowest BCUT2D eigenvalue weighted by Gasteiger charge is -2.36. The van der Waals surface area contributed by atoms with Crippen LogP contribution in [0.2, 0.25) is 0 Å². The second-order valence-electron chi connectivity index (χ2n) is 7.12. The molecule has 32 heavy (non-hydrogen) atoms. The number of sulfone groups is 1. The summed E-state index contributed by atoms with van der Waals surface area (Å²) < 4.78 is 36.4. The molecule has 0 saturated carbocycles. The summed E-state index contributed by atoms with van der Waals surface area (Å²) in [6.45, 7) is 2.33. The zero-order valence-electron chi connectivity index (χ0n) is 17.6. The van der Waals surface area contributed by atoms with E-state index in [2.05, 4.69) is 32.8 Å². The van der Waals surface area contributed by atoms with Crippen LogP contribution in [0.25, 0.3) is 0 Å². The Balaban J connectivity index is 1.76. The molecule has 0 aliphatic carbocycles. The highest BCUT2D eigenvalue weighted by molar-refractivity contribution is 14.1. The van der Waals surface area contributed by atoms with E-state index in [0.29, 0.717) is 25.1 Å². The summed E-state index contributed by atoms with van der Waals surface area (Å²) in [6.07, 6.45) is 0.522. The molecule has 0 radical (unpaired) electrons. The third kappa shape index (κ3) is 6.07. The second-order valence-corrected chi connectivity index (χ2v) is 11.6. The third-order valence-corrected chi connectivity index (χ3v) is 8.55. The molecule has 2 aromatic rings. The SMILES string of the molecule is CCCCCS(=O)(=O)c1nnc(N2C(=O)N(C)CCC2OC(=O)Oc2ccc(I)cc2)s1. The van der Waals surface area contributed by atoms with Gasteiger partial charge in [0, 0.05) is 23.6 Å². The number of unbranched alkanes of at least 4 members (excludes halogenated alkanes) is 2. The van der Waals surface area contributed by atoms with Crippen molar-refractivity contribution in [2.24, 2.45) is 0 Å². The Bertz CT molecular complexity index is 1060. The smallest absolute Gasteiger partial charge is 0.409 e. The number of halogens is 1. The van der Waals surface area contributed by atoms with Gasteiger partial charge in [-0.2, -0.15) is 0 Å². The van der Waals surface area contributed by atoms with Crippen LogP contribution >= 0.6 is 33.9 Å². The van der Waals surface area contributed by atoms with Crippen LogP contribution in [0.1, 0.15) is 32.6 Å². The van der Waals surface area contributed by atoms with Crippen LogP contribution < -0.4 is 9.64 Å². The predicted octanol–water partition coefficient (Wildman–Crippen LogP) is 3.91. The van der Waals surface area contributed by atoms with E-state index in [4.69, 9.17) is 9.47 Å². The van der Waals surface area contributed by atoms with Gasteiger partial charge in [-0.25, -0.2) is 22.9 Å². The number of hydrogen-bond donors (Lipinski definition) is 0. The molecule has 13 heteroatoms. The number of carbonyl (C=O) groups excluding carboxylic acids is 2. The number of nitrogens with zero attached hydrogens (tertiary/aromatic N) is 4. The van der Waals surface area contributed by atoms with E-state index in [-0.39, 0.29) is 15.2 Å². The zero-order chi connectivity index (χ0) is 23.3. The van der Waals surface area contributed by atoms with Gasteiger partial charge in [-0.05, 0) is 53.3 Å². The molecule has 1 aromatic carbocycles. The lowest BCUT2D eigenvalue weighted by atomic mass is 10.3. The van der Waals surface area contributed by atoms with Crippen LogP contribution in [0.5, 0.6) is 5.75 Å². The monoisotopic (exact) mass is 594 g/mol. The lowest BCUT2D eigenvalue weighted by molar-refractivity contribution is 0.0434. The molecule has 1 atom stereocenters. The average Bonchev–Trinajstić information content (AvgIpc) is 3.23. The first kappa shape index (κ1) is 24.6. The number of hydrogen-bond acceptors (Lipinski definition) is 9. The highest BCUT2D eigenvalue weighted by Gasteiger charge is 2.38. The summed E-state index contributed by atoms with van der Waals surface area (Å²) >= 11 is 2.91. The first-order chi connectivity index (χ1) is 15.2. The van der Waals surface area contributed by atoms with Gasteiger partial charge in [0.05, 0.1) is 5.75 Å². The molecule has 3 rings (SSSR count). The van der Waals surface area contributed by atoms with Crippen molar-refractivity contribution in [3.8, 4) is 5.75 Å². The molecule has 1 saturated heterocycles. The maximum Gasteiger partial charge on any atom is 0.515 e. The minimum atomic E-state index is -3.61. The number of urea groups is 1.